The van der Waals surface area contributed by atoms with Crippen LogP contribution in [0.1, 0.15) is 17.2 Å². The van der Waals surface area contributed by atoms with Crippen molar-refractivity contribution in [3.63, 3.8) is 0 Å². The zero-order valence-electron chi connectivity index (χ0n) is 9.20. The van der Waals surface area contributed by atoms with E-state index >= 15 is 0 Å². The molecular weight excluding hydrogens is 190 g/mol. The van der Waals surface area contributed by atoms with Gasteiger partial charge in [0.05, 0.1) is 24.1 Å². The van der Waals surface area contributed by atoms with E-state index in [0.29, 0.717) is 6.54 Å². The molecule has 2 heterocycles. The lowest BCUT2D eigenvalue weighted by atomic mass is 10.1. The van der Waals surface area contributed by atoms with E-state index in [1.54, 1.807) is 6.20 Å². The van der Waals surface area contributed by atoms with E-state index < -0.39 is 0 Å². The summed E-state index contributed by atoms with van der Waals surface area (Å²) >= 11 is 0. The number of nitrogens with one attached hydrogen (secondary N) is 1. The summed E-state index contributed by atoms with van der Waals surface area (Å²) in [6.07, 6.45) is 1.80. The first-order valence-electron chi connectivity index (χ1n) is 4.88. The summed E-state index contributed by atoms with van der Waals surface area (Å²) in [5, 5.41) is 4.36. The van der Waals surface area contributed by atoms with Crippen LogP contribution in [0.15, 0.2) is 6.20 Å². The van der Waals surface area contributed by atoms with Crippen LogP contribution in [0, 0.1) is 13.8 Å². The second-order valence-corrected chi connectivity index (χ2v) is 3.62. The third-order valence-electron chi connectivity index (χ3n) is 2.60. The van der Waals surface area contributed by atoms with Gasteiger partial charge in [-0.1, -0.05) is 0 Å². The van der Waals surface area contributed by atoms with Crippen molar-refractivity contribution >= 4 is 0 Å². The summed E-state index contributed by atoms with van der Waals surface area (Å²) < 4.78 is 1.87. The highest BCUT2D eigenvalue weighted by Gasteiger charge is 2.13. The van der Waals surface area contributed by atoms with Gasteiger partial charge < -0.3 is 10.7 Å². The van der Waals surface area contributed by atoms with Gasteiger partial charge >= 0.3 is 0 Å². The van der Waals surface area contributed by atoms with Crippen LogP contribution in [0.4, 0.5) is 0 Å². The standard InChI is InChI=1S/C10H15N5/c1-6-10(7(2)15(3)14-6)8-5-12-9(4-11)13-8/h5H,4,11H2,1-3H3,(H,12,13). The first-order chi connectivity index (χ1) is 7.13. The lowest BCUT2D eigenvalue weighted by molar-refractivity contribution is 0.731. The average molecular weight is 205 g/mol. The van der Waals surface area contributed by atoms with Crippen molar-refractivity contribution in [2.45, 2.75) is 20.4 Å². The number of nitrogens with zero attached hydrogens (tertiary/aromatic N) is 3. The zero-order valence-corrected chi connectivity index (χ0v) is 9.20. The Balaban J connectivity index is 2.53. The molecule has 0 saturated heterocycles. The summed E-state index contributed by atoms with van der Waals surface area (Å²) in [6, 6.07) is 0. The number of nitrogens with two attached hydrogens (primary N) is 1. The minimum Gasteiger partial charge on any atom is -0.341 e. The molecule has 0 saturated carbocycles. The molecule has 0 spiro atoms. The van der Waals surface area contributed by atoms with E-state index in [0.717, 1.165) is 28.5 Å². The highest BCUT2D eigenvalue weighted by Crippen LogP contribution is 2.24. The monoisotopic (exact) mass is 205 g/mol. The van der Waals surface area contributed by atoms with Crippen molar-refractivity contribution in [3.05, 3.63) is 23.4 Å². The van der Waals surface area contributed by atoms with E-state index in [9.17, 15) is 0 Å². The van der Waals surface area contributed by atoms with Crippen LogP contribution in [0.3, 0.4) is 0 Å². The number of aromatic amines is 1. The van der Waals surface area contributed by atoms with Crippen LogP contribution in [0.2, 0.25) is 0 Å². The van der Waals surface area contributed by atoms with Gasteiger partial charge in [-0.25, -0.2) is 4.98 Å². The van der Waals surface area contributed by atoms with Crippen molar-refractivity contribution in [3.8, 4) is 11.3 Å². The Morgan fingerprint density at radius 3 is 2.67 bits per heavy atom. The lowest BCUT2D eigenvalue weighted by Gasteiger charge is -1.97. The molecule has 5 heteroatoms. The van der Waals surface area contributed by atoms with Gasteiger partial charge in [-0.2, -0.15) is 5.10 Å². The molecule has 0 aliphatic heterocycles. The molecule has 0 aromatic carbocycles. The summed E-state index contributed by atoms with van der Waals surface area (Å²) in [6.45, 7) is 4.46. The van der Waals surface area contributed by atoms with E-state index in [1.807, 2.05) is 25.6 Å². The Hall–Kier alpha value is -1.62. The molecular formula is C10H15N5. The van der Waals surface area contributed by atoms with Gasteiger partial charge in [0.1, 0.15) is 5.82 Å². The molecule has 2 aromatic heterocycles. The Labute approximate surface area is 88.3 Å². The molecule has 0 fully saturated rings. The number of aryl methyl sites for hydroxylation is 2. The topological polar surface area (TPSA) is 72.5 Å². The third-order valence-corrected chi connectivity index (χ3v) is 2.60. The van der Waals surface area contributed by atoms with Gasteiger partial charge in [-0.05, 0) is 13.8 Å². The van der Waals surface area contributed by atoms with Crippen molar-refractivity contribution in [2.24, 2.45) is 12.8 Å². The zero-order chi connectivity index (χ0) is 11.0. The fraction of sp³-hybridized carbons (Fsp3) is 0.400. The number of aromatic nitrogens is 4. The number of imidazole rings is 1. The SMILES string of the molecule is Cc1nn(C)c(C)c1-c1cnc(CN)[nH]1. The maximum Gasteiger partial charge on any atom is 0.120 e. The number of rotatable bonds is 2. The molecule has 2 rings (SSSR count). The predicted molar refractivity (Wildman–Crippen MR) is 58.2 cm³/mol. The van der Waals surface area contributed by atoms with Crippen molar-refractivity contribution in [1.82, 2.24) is 19.7 Å². The minimum atomic E-state index is 0.429. The largest absolute Gasteiger partial charge is 0.341 e. The Morgan fingerprint density at radius 1 is 1.47 bits per heavy atom. The second kappa shape index (κ2) is 3.51. The molecule has 80 valence electrons. The van der Waals surface area contributed by atoms with Crippen molar-refractivity contribution < 1.29 is 0 Å². The molecule has 0 atom stereocenters. The Bertz CT molecular complexity index is 480. The summed E-state index contributed by atoms with van der Waals surface area (Å²) in [7, 11) is 1.94. The first-order valence-corrected chi connectivity index (χ1v) is 4.88. The molecule has 0 radical (unpaired) electrons. The molecule has 15 heavy (non-hydrogen) atoms. The van der Waals surface area contributed by atoms with Gasteiger partial charge in [0.25, 0.3) is 0 Å². The summed E-state index contributed by atoms with van der Waals surface area (Å²) in [5.41, 5.74) is 9.73. The van der Waals surface area contributed by atoms with Gasteiger partial charge in [0, 0.05) is 18.3 Å². The maximum absolute atomic E-state index is 5.51. The van der Waals surface area contributed by atoms with Gasteiger partial charge in [-0.15, -0.1) is 0 Å². The van der Waals surface area contributed by atoms with Crippen LogP contribution >= 0.6 is 0 Å². The molecule has 0 amide bonds. The van der Waals surface area contributed by atoms with E-state index in [4.69, 9.17) is 5.73 Å². The van der Waals surface area contributed by atoms with E-state index in [1.165, 1.54) is 0 Å². The fourth-order valence-electron chi connectivity index (χ4n) is 1.76. The predicted octanol–water partition coefficient (Wildman–Crippen LogP) is 0.886. The Morgan fingerprint density at radius 2 is 2.20 bits per heavy atom. The fourth-order valence-corrected chi connectivity index (χ4v) is 1.76. The lowest BCUT2D eigenvalue weighted by Crippen LogP contribution is -1.98. The first kappa shape index (κ1) is 9.92. The third kappa shape index (κ3) is 1.55. The molecule has 0 bridgehead atoms. The minimum absolute atomic E-state index is 0.429. The maximum atomic E-state index is 5.51. The van der Waals surface area contributed by atoms with Crippen LogP contribution in [-0.2, 0) is 13.6 Å². The second-order valence-electron chi connectivity index (χ2n) is 3.62. The summed E-state index contributed by atoms with van der Waals surface area (Å²) in [5.74, 6) is 0.799. The van der Waals surface area contributed by atoms with Crippen LogP contribution in [-0.4, -0.2) is 19.7 Å². The van der Waals surface area contributed by atoms with E-state index in [2.05, 4.69) is 15.1 Å². The summed E-state index contributed by atoms with van der Waals surface area (Å²) in [4.78, 5) is 7.37. The highest BCUT2D eigenvalue weighted by molar-refractivity contribution is 5.64. The molecule has 0 aliphatic carbocycles. The molecule has 0 unspecified atom stereocenters. The van der Waals surface area contributed by atoms with Crippen LogP contribution in [0.5, 0.6) is 0 Å². The normalized spacial score (nSPS) is 10.9. The van der Waals surface area contributed by atoms with Gasteiger partial charge in [0.2, 0.25) is 0 Å². The van der Waals surface area contributed by atoms with E-state index in [-0.39, 0.29) is 0 Å². The molecule has 5 nitrogen and oxygen atoms in total. The average Bonchev–Trinajstić information content (AvgIpc) is 2.74. The van der Waals surface area contributed by atoms with Crippen molar-refractivity contribution in [1.29, 1.82) is 0 Å². The molecule has 2 aromatic rings. The number of hydrogen-bond donors (Lipinski definition) is 2. The number of hydrogen-bond acceptors (Lipinski definition) is 3. The smallest absolute Gasteiger partial charge is 0.120 e. The van der Waals surface area contributed by atoms with Crippen LogP contribution < -0.4 is 5.73 Å². The Kier molecular flexibility index (Phi) is 2.32. The molecule has 0 aliphatic rings. The highest BCUT2D eigenvalue weighted by atomic mass is 15.3. The van der Waals surface area contributed by atoms with Gasteiger partial charge in [-0.3, -0.25) is 4.68 Å². The quantitative estimate of drug-likeness (QED) is 0.764. The van der Waals surface area contributed by atoms with Crippen molar-refractivity contribution in [2.75, 3.05) is 0 Å². The number of H-pyrrole nitrogens is 1. The van der Waals surface area contributed by atoms with Gasteiger partial charge in [0.15, 0.2) is 0 Å². The molecule has 3 N–H and O–H groups in total. The van der Waals surface area contributed by atoms with Crippen LogP contribution in [0.25, 0.3) is 11.3 Å².